The molecule has 0 aliphatic carbocycles. The van der Waals surface area contributed by atoms with E-state index in [1.54, 1.807) is 16.7 Å². The van der Waals surface area contributed by atoms with E-state index in [1.165, 1.54) is 24.9 Å². The molecular formula is C23H27N3O4S2. The van der Waals surface area contributed by atoms with Crippen molar-refractivity contribution in [2.45, 2.75) is 37.1 Å². The monoisotopic (exact) mass is 473 g/mol. The zero-order chi connectivity index (χ0) is 22.3. The third-order valence-electron chi connectivity index (χ3n) is 5.41. The second-order valence-corrected chi connectivity index (χ2v) is 9.64. The highest BCUT2D eigenvalue weighted by Gasteiger charge is 2.27. The van der Waals surface area contributed by atoms with Gasteiger partial charge in [-0.3, -0.25) is 4.79 Å². The number of rotatable bonds is 9. The molecule has 2 saturated heterocycles. The summed E-state index contributed by atoms with van der Waals surface area (Å²) in [6, 6.07) is 10.3. The van der Waals surface area contributed by atoms with Crippen LogP contribution in [-0.2, 0) is 25.6 Å². The molecule has 32 heavy (non-hydrogen) atoms. The normalized spacial score (nSPS) is 19.8. The molecular weight excluding hydrogens is 446 g/mol. The molecule has 1 amide bonds. The Hall–Kier alpha value is -2.23. The van der Waals surface area contributed by atoms with Gasteiger partial charge in [-0.15, -0.1) is 0 Å². The number of hydrogen-bond donors (Lipinski definition) is 0. The van der Waals surface area contributed by atoms with Crippen molar-refractivity contribution < 1.29 is 19.1 Å². The number of ether oxygens (including phenoxy) is 2. The molecule has 1 atom stereocenters. The van der Waals surface area contributed by atoms with Crippen molar-refractivity contribution in [1.82, 2.24) is 14.5 Å². The Labute approximate surface area is 196 Å². The number of benzene rings is 1. The van der Waals surface area contributed by atoms with E-state index in [0.717, 1.165) is 54.6 Å². The standard InChI is InChI=1S/C23H27N3O4S2/c1-29-22(28)13-21-25(20(27)16-32-21)10-6-12-31-23-24-14-19(17-7-3-2-4-8-17)26(23)15-18-9-5-11-30-18/h2-4,7-8,13-14,18H,5-6,9-12,15-16H2,1H3/b21-13+. The van der Waals surface area contributed by atoms with Crippen LogP contribution in [0.25, 0.3) is 11.3 Å². The van der Waals surface area contributed by atoms with Crippen molar-refractivity contribution >= 4 is 35.4 Å². The summed E-state index contributed by atoms with van der Waals surface area (Å²) in [6.07, 6.45) is 6.51. The van der Waals surface area contributed by atoms with E-state index in [2.05, 4.69) is 16.7 Å². The van der Waals surface area contributed by atoms with Crippen LogP contribution in [0.3, 0.4) is 0 Å². The van der Waals surface area contributed by atoms with Crippen molar-refractivity contribution in [2.24, 2.45) is 0 Å². The molecule has 1 aromatic heterocycles. The maximum absolute atomic E-state index is 12.2. The number of aromatic nitrogens is 2. The number of imidazole rings is 1. The SMILES string of the molecule is COC(=O)/C=C1/SCC(=O)N1CCCSc1ncc(-c2ccccc2)n1CC1CCCO1. The Morgan fingerprint density at radius 2 is 2.22 bits per heavy atom. The minimum absolute atomic E-state index is 0.0291. The van der Waals surface area contributed by atoms with Gasteiger partial charge < -0.3 is 18.9 Å². The smallest absolute Gasteiger partial charge is 0.333 e. The number of amides is 1. The maximum Gasteiger partial charge on any atom is 0.333 e. The summed E-state index contributed by atoms with van der Waals surface area (Å²) in [4.78, 5) is 30.1. The number of thioether (sulfide) groups is 2. The lowest BCUT2D eigenvalue weighted by Gasteiger charge is -2.18. The fourth-order valence-electron chi connectivity index (χ4n) is 3.80. The summed E-state index contributed by atoms with van der Waals surface area (Å²) in [5.41, 5.74) is 2.24. The molecule has 0 bridgehead atoms. The van der Waals surface area contributed by atoms with Gasteiger partial charge >= 0.3 is 5.97 Å². The van der Waals surface area contributed by atoms with Crippen molar-refractivity contribution in [3.63, 3.8) is 0 Å². The van der Waals surface area contributed by atoms with Crippen LogP contribution < -0.4 is 0 Å². The minimum atomic E-state index is -0.439. The predicted octanol–water partition coefficient (Wildman–Crippen LogP) is 3.80. The van der Waals surface area contributed by atoms with Crippen LogP contribution in [0.5, 0.6) is 0 Å². The summed E-state index contributed by atoms with van der Waals surface area (Å²) >= 11 is 3.07. The van der Waals surface area contributed by atoms with E-state index in [4.69, 9.17) is 14.5 Å². The molecule has 0 radical (unpaired) electrons. The van der Waals surface area contributed by atoms with E-state index in [9.17, 15) is 9.59 Å². The number of hydrogen-bond acceptors (Lipinski definition) is 7. The van der Waals surface area contributed by atoms with Crippen molar-refractivity contribution in [3.05, 3.63) is 47.6 Å². The quantitative estimate of drug-likeness (QED) is 0.237. The fourth-order valence-corrected chi connectivity index (χ4v) is 5.66. The molecule has 2 aromatic rings. The molecule has 170 valence electrons. The summed E-state index contributed by atoms with van der Waals surface area (Å²) < 4.78 is 12.8. The van der Waals surface area contributed by atoms with Gasteiger partial charge in [-0.2, -0.15) is 0 Å². The van der Waals surface area contributed by atoms with Gasteiger partial charge in [0.25, 0.3) is 0 Å². The van der Waals surface area contributed by atoms with Crippen molar-refractivity contribution in [3.8, 4) is 11.3 Å². The Balaban J connectivity index is 1.40. The Kier molecular flexibility index (Phi) is 7.94. The highest BCUT2D eigenvalue weighted by Crippen LogP contribution is 2.31. The number of carbonyl (C=O) groups excluding carboxylic acids is 2. The van der Waals surface area contributed by atoms with Crippen LogP contribution in [0.4, 0.5) is 0 Å². The number of esters is 1. The second kappa shape index (κ2) is 11.1. The first-order valence-electron chi connectivity index (χ1n) is 10.7. The maximum atomic E-state index is 12.2. The molecule has 0 saturated carbocycles. The van der Waals surface area contributed by atoms with Crippen LogP contribution in [0.1, 0.15) is 19.3 Å². The van der Waals surface area contributed by atoms with E-state index in [1.807, 2.05) is 24.4 Å². The summed E-state index contributed by atoms with van der Waals surface area (Å²) in [5, 5.41) is 1.63. The Morgan fingerprint density at radius 3 is 2.97 bits per heavy atom. The molecule has 2 aliphatic rings. The zero-order valence-electron chi connectivity index (χ0n) is 18.1. The third kappa shape index (κ3) is 5.57. The number of methoxy groups -OCH3 is 1. The van der Waals surface area contributed by atoms with Gasteiger partial charge in [0.2, 0.25) is 5.91 Å². The van der Waals surface area contributed by atoms with E-state index in [0.29, 0.717) is 17.3 Å². The summed E-state index contributed by atoms with van der Waals surface area (Å²) in [7, 11) is 1.34. The lowest BCUT2D eigenvalue weighted by Crippen LogP contribution is -2.26. The molecule has 1 aromatic carbocycles. The molecule has 1 unspecified atom stereocenters. The van der Waals surface area contributed by atoms with Crippen molar-refractivity contribution in [1.29, 1.82) is 0 Å². The van der Waals surface area contributed by atoms with Gasteiger partial charge in [-0.05, 0) is 24.8 Å². The third-order valence-corrected chi connectivity index (χ3v) is 7.51. The second-order valence-electron chi connectivity index (χ2n) is 7.58. The minimum Gasteiger partial charge on any atom is -0.466 e. The first kappa shape index (κ1) is 22.9. The van der Waals surface area contributed by atoms with Crippen molar-refractivity contribution in [2.75, 3.05) is 31.8 Å². The van der Waals surface area contributed by atoms with Crippen LogP contribution >= 0.6 is 23.5 Å². The number of nitrogens with zero attached hydrogens (tertiary/aromatic N) is 3. The first-order valence-corrected chi connectivity index (χ1v) is 12.7. The predicted molar refractivity (Wildman–Crippen MR) is 126 cm³/mol. The van der Waals surface area contributed by atoms with E-state index < -0.39 is 5.97 Å². The van der Waals surface area contributed by atoms with Crippen LogP contribution in [0.15, 0.2) is 52.8 Å². The van der Waals surface area contributed by atoms with Crippen LogP contribution in [0, 0.1) is 0 Å². The lowest BCUT2D eigenvalue weighted by atomic mass is 10.1. The topological polar surface area (TPSA) is 73.7 Å². The van der Waals surface area contributed by atoms with Crippen LogP contribution in [-0.4, -0.2) is 64.2 Å². The van der Waals surface area contributed by atoms with Gasteiger partial charge in [-0.25, -0.2) is 9.78 Å². The molecule has 2 aliphatic heterocycles. The molecule has 0 N–H and O–H groups in total. The number of carbonyl (C=O) groups is 2. The van der Waals surface area contributed by atoms with Gasteiger partial charge in [0, 0.05) is 18.9 Å². The van der Waals surface area contributed by atoms with E-state index in [-0.39, 0.29) is 12.0 Å². The summed E-state index contributed by atoms with van der Waals surface area (Å²) in [6.45, 7) is 2.19. The molecule has 4 rings (SSSR count). The lowest BCUT2D eigenvalue weighted by molar-refractivity contribution is -0.134. The highest BCUT2D eigenvalue weighted by atomic mass is 32.2. The Bertz CT molecular complexity index is 971. The molecule has 9 heteroatoms. The van der Waals surface area contributed by atoms with Gasteiger partial charge in [-0.1, -0.05) is 53.9 Å². The zero-order valence-corrected chi connectivity index (χ0v) is 19.7. The fraction of sp³-hybridized carbons (Fsp3) is 0.435. The molecule has 0 spiro atoms. The van der Waals surface area contributed by atoms with Crippen LogP contribution in [0.2, 0.25) is 0 Å². The molecule has 7 nitrogen and oxygen atoms in total. The average Bonchev–Trinajstić information content (AvgIpc) is 3.55. The molecule has 3 heterocycles. The Morgan fingerprint density at radius 1 is 1.38 bits per heavy atom. The van der Waals surface area contributed by atoms with E-state index >= 15 is 0 Å². The first-order chi connectivity index (χ1) is 15.7. The van der Waals surface area contributed by atoms with Gasteiger partial charge in [0.1, 0.15) is 0 Å². The highest BCUT2D eigenvalue weighted by molar-refractivity contribution is 8.04. The summed E-state index contributed by atoms with van der Waals surface area (Å²) in [5.74, 6) is 0.770. The van der Waals surface area contributed by atoms with Gasteiger partial charge in [0.05, 0.1) is 48.5 Å². The average molecular weight is 474 g/mol. The largest absolute Gasteiger partial charge is 0.466 e. The van der Waals surface area contributed by atoms with Gasteiger partial charge in [0.15, 0.2) is 5.16 Å². The molecule has 2 fully saturated rings.